The summed E-state index contributed by atoms with van der Waals surface area (Å²) in [5.74, 6) is -0.230. The van der Waals surface area contributed by atoms with E-state index < -0.39 is 0 Å². The van der Waals surface area contributed by atoms with Crippen LogP contribution in [0.25, 0.3) is 0 Å². The van der Waals surface area contributed by atoms with Crippen molar-refractivity contribution in [3.8, 4) is 0 Å². The lowest BCUT2D eigenvalue weighted by atomic mass is 10.2. The van der Waals surface area contributed by atoms with E-state index in [-0.39, 0.29) is 12.4 Å². The molecule has 2 aromatic carbocycles. The van der Waals surface area contributed by atoms with Crippen molar-refractivity contribution in [2.45, 2.75) is 26.4 Å². The smallest absolute Gasteiger partial charge is 0.308 e. The molecule has 0 radical (unpaired) electrons. The molecular weight excluding hydrogens is 290 g/mol. The van der Waals surface area contributed by atoms with Gasteiger partial charge in [-0.1, -0.05) is 60.7 Å². The van der Waals surface area contributed by atoms with Crippen LogP contribution in [0.3, 0.4) is 0 Å². The number of hydroxylamine groups is 2. The van der Waals surface area contributed by atoms with Crippen LogP contribution in [0, 0.1) is 0 Å². The first-order valence-corrected chi connectivity index (χ1v) is 7.89. The molecule has 0 bridgehead atoms. The molecule has 0 atom stereocenters. The lowest BCUT2D eigenvalue weighted by Gasteiger charge is -2.22. The van der Waals surface area contributed by atoms with Crippen LogP contribution in [-0.4, -0.2) is 24.2 Å². The first-order chi connectivity index (χ1) is 11.3. The molecule has 0 unspecified atom stereocenters. The maximum absolute atomic E-state index is 11.4. The third-order valence-corrected chi connectivity index (χ3v) is 3.29. The summed E-state index contributed by atoms with van der Waals surface area (Å²) in [5.41, 5.74) is 2.33. The standard InChI is InChI=1S/C19H23NO3/c1-2-22-19(21)13-14-23-20(15-17-9-5-3-6-10-17)16-18-11-7-4-8-12-18/h3-12H,2,13-16H2,1H3. The number of benzene rings is 2. The Morgan fingerprint density at radius 3 is 1.91 bits per heavy atom. The highest BCUT2D eigenvalue weighted by Gasteiger charge is 2.10. The Balaban J connectivity index is 1.92. The van der Waals surface area contributed by atoms with E-state index >= 15 is 0 Å². The minimum Gasteiger partial charge on any atom is -0.466 e. The number of rotatable bonds is 9. The number of carbonyl (C=O) groups excluding carboxylic acids is 1. The molecule has 2 rings (SSSR count). The molecule has 0 saturated carbocycles. The van der Waals surface area contributed by atoms with Crippen molar-refractivity contribution in [1.82, 2.24) is 5.06 Å². The van der Waals surface area contributed by atoms with E-state index in [4.69, 9.17) is 9.57 Å². The minimum absolute atomic E-state index is 0.230. The fourth-order valence-electron chi connectivity index (χ4n) is 2.21. The van der Waals surface area contributed by atoms with E-state index in [1.165, 1.54) is 11.1 Å². The number of carbonyl (C=O) groups is 1. The van der Waals surface area contributed by atoms with Crippen molar-refractivity contribution in [1.29, 1.82) is 0 Å². The highest BCUT2D eigenvalue weighted by Crippen LogP contribution is 2.11. The van der Waals surface area contributed by atoms with Gasteiger partial charge in [0.15, 0.2) is 0 Å². The second kappa shape index (κ2) is 9.77. The molecule has 0 aliphatic carbocycles. The molecule has 0 amide bonds. The highest BCUT2D eigenvalue weighted by atomic mass is 16.7. The maximum Gasteiger partial charge on any atom is 0.308 e. The Kier molecular flexibility index (Phi) is 7.30. The summed E-state index contributed by atoms with van der Waals surface area (Å²) in [4.78, 5) is 17.2. The summed E-state index contributed by atoms with van der Waals surface area (Å²) in [6.45, 7) is 3.85. The molecular formula is C19H23NO3. The van der Waals surface area contributed by atoms with Crippen LogP contribution in [0.4, 0.5) is 0 Å². The molecule has 0 aromatic heterocycles. The number of ether oxygens (including phenoxy) is 1. The number of esters is 1. The third-order valence-electron chi connectivity index (χ3n) is 3.29. The molecule has 122 valence electrons. The van der Waals surface area contributed by atoms with Gasteiger partial charge in [0.1, 0.15) is 0 Å². The molecule has 2 aromatic rings. The lowest BCUT2D eigenvalue weighted by Crippen LogP contribution is -2.25. The first kappa shape index (κ1) is 17.2. The average molecular weight is 313 g/mol. The summed E-state index contributed by atoms with van der Waals surface area (Å²) in [5, 5.41) is 1.88. The zero-order chi connectivity index (χ0) is 16.3. The Morgan fingerprint density at radius 2 is 1.43 bits per heavy atom. The fourth-order valence-corrected chi connectivity index (χ4v) is 2.21. The van der Waals surface area contributed by atoms with Crippen molar-refractivity contribution in [2.24, 2.45) is 0 Å². The van der Waals surface area contributed by atoms with E-state index in [1.807, 2.05) is 41.5 Å². The van der Waals surface area contributed by atoms with Gasteiger partial charge in [-0.2, -0.15) is 5.06 Å². The topological polar surface area (TPSA) is 38.8 Å². The highest BCUT2D eigenvalue weighted by molar-refractivity contribution is 5.69. The maximum atomic E-state index is 11.4. The molecule has 0 aliphatic heterocycles. The van der Waals surface area contributed by atoms with Crippen molar-refractivity contribution in [3.05, 3.63) is 71.8 Å². The van der Waals surface area contributed by atoms with E-state index in [0.717, 1.165) is 0 Å². The predicted molar refractivity (Wildman–Crippen MR) is 89.3 cm³/mol. The lowest BCUT2D eigenvalue weighted by molar-refractivity contribution is -0.180. The number of nitrogens with zero attached hydrogens (tertiary/aromatic N) is 1. The molecule has 0 heterocycles. The second-order valence-corrected chi connectivity index (χ2v) is 5.16. The summed E-state index contributed by atoms with van der Waals surface area (Å²) >= 11 is 0. The van der Waals surface area contributed by atoms with Crippen molar-refractivity contribution in [3.63, 3.8) is 0 Å². The van der Waals surface area contributed by atoms with Gasteiger partial charge in [-0.3, -0.25) is 9.63 Å². The van der Waals surface area contributed by atoms with E-state index in [9.17, 15) is 4.79 Å². The van der Waals surface area contributed by atoms with E-state index in [2.05, 4.69) is 24.3 Å². The number of hydrogen-bond donors (Lipinski definition) is 0. The third kappa shape index (κ3) is 6.63. The Hall–Kier alpha value is -2.17. The molecule has 0 saturated heterocycles. The van der Waals surface area contributed by atoms with Gasteiger partial charge in [-0.15, -0.1) is 0 Å². The summed E-state index contributed by atoms with van der Waals surface area (Å²) in [6.07, 6.45) is 0.258. The van der Waals surface area contributed by atoms with Crippen molar-refractivity contribution >= 4 is 5.97 Å². The Bertz CT molecular complexity index is 530. The predicted octanol–water partition coefficient (Wildman–Crippen LogP) is 3.57. The zero-order valence-electron chi connectivity index (χ0n) is 13.5. The van der Waals surface area contributed by atoms with Crippen LogP contribution >= 0.6 is 0 Å². The van der Waals surface area contributed by atoms with Crippen LogP contribution in [-0.2, 0) is 27.5 Å². The fraction of sp³-hybridized carbons (Fsp3) is 0.316. The summed E-state index contributed by atoms with van der Waals surface area (Å²) in [6, 6.07) is 20.3. The van der Waals surface area contributed by atoms with Crippen LogP contribution in [0.2, 0.25) is 0 Å². The van der Waals surface area contributed by atoms with Gasteiger partial charge in [0, 0.05) is 13.1 Å². The molecule has 4 heteroatoms. The van der Waals surface area contributed by atoms with E-state index in [0.29, 0.717) is 26.3 Å². The van der Waals surface area contributed by atoms with E-state index in [1.54, 1.807) is 6.92 Å². The molecule has 0 aliphatic rings. The molecule has 4 nitrogen and oxygen atoms in total. The minimum atomic E-state index is -0.230. The van der Waals surface area contributed by atoms with Gasteiger partial charge in [0.05, 0.1) is 19.6 Å². The molecule has 0 N–H and O–H groups in total. The van der Waals surface area contributed by atoms with Crippen LogP contribution in [0.1, 0.15) is 24.5 Å². The zero-order valence-corrected chi connectivity index (χ0v) is 13.5. The van der Waals surface area contributed by atoms with Gasteiger partial charge in [0.2, 0.25) is 0 Å². The monoisotopic (exact) mass is 313 g/mol. The largest absolute Gasteiger partial charge is 0.466 e. The van der Waals surface area contributed by atoms with Crippen molar-refractivity contribution < 1.29 is 14.4 Å². The Morgan fingerprint density at radius 1 is 0.913 bits per heavy atom. The van der Waals surface area contributed by atoms with Crippen molar-refractivity contribution in [2.75, 3.05) is 13.2 Å². The van der Waals surface area contributed by atoms with Crippen LogP contribution in [0.5, 0.6) is 0 Å². The molecule has 23 heavy (non-hydrogen) atoms. The van der Waals surface area contributed by atoms with Gasteiger partial charge in [0.25, 0.3) is 0 Å². The summed E-state index contributed by atoms with van der Waals surface area (Å²) < 4.78 is 4.92. The van der Waals surface area contributed by atoms with Gasteiger partial charge in [-0.05, 0) is 18.1 Å². The summed E-state index contributed by atoms with van der Waals surface area (Å²) in [7, 11) is 0. The van der Waals surface area contributed by atoms with Gasteiger partial charge in [-0.25, -0.2) is 0 Å². The molecule has 0 spiro atoms. The first-order valence-electron chi connectivity index (χ1n) is 7.89. The van der Waals surface area contributed by atoms with Gasteiger partial charge >= 0.3 is 5.97 Å². The quantitative estimate of drug-likeness (QED) is 0.524. The normalized spacial score (nSPS) is 10.7. The van der Waals surface area contributed by atoms with Gasteiger partial charge < -0.3 is 4.74 Å². The molecule has 0 fully saturated rings. The van der Waals surface area contributed by atoms with Crippen LogP contribution in [0.15, 0.2) is 60.7 Å². The average Bonchev–Trinajstić information content (AvgIpc) is 2.57. The number of hydrogen-bond acceptors (Lipinski definition) is 4. The van der Waals surface area contributed by atoms with Crippen LogP contribution < -0.4 is 0 Å². The second-order valence-electron chi connectivity index (χ2n) is 5.16. The Labute approximate surface area is 137 Å². The SMILES string of the molecule is CCOC(=O)CCON(Cc1ccccc1)Cc1ccccc1.